The molecular weight excluding hydrogens is 418 g/mol. The molecule has 174 valence electrons. The Labute approximate surface area is 195 Å². The molecule has 4 heterocycles. The fraction of sp³-hybridized carbons (Fsp3) is 0.720. The lowest BCUT2D eigenvalue weighted by Gasteiger charge is -2.36. The van der Waals surface area contributed by atoms with Gasteiger partial charge in [0.15, 0.2) is 0 Å². The summed E-state index contributed by atoms with van der Waals surface area (Å²) in [7, 11) is 0. The van der Waals surface area contributed by atoms with Gasteiger partial charge in [0.1, 0.15) is 17.0 Å². The standard InChI is InChI=1S/C25H37N5OS/c1-17-18(2)32-25-22(17)23(26-16-27-25)30-13-7-20(8-14-30)24(31)28-21-9-11-29(12-10-21)15-19-5-3-4-6-19/h16,19-21H,3-15H2,1-2H3,(H,28,31). The van der Waals surface area contributed by atoms with Gasteiger partial charge in [-0.2, -0.15) is 0 Å². The highest BCUT2D eigenvalue weighted by atomic mass is 32.1. The summed E-state index contributed by atoms with van der Waals surface area (Å²) in [6, 6.07) is 0.360. The number of aromatic nitrogens is 2. The summed E-state index contributed by atoms with van der Waals surface area (Å²) in [6.45, 7) is 9.66. The summed E-state index contributed by atoms with van der Waals surface area (Å²) in [5, 5.41) is 4.59. The molecule has 2 aliphatic heterocycles. The van der Waals surface area contributed by atoms with Gasteiger partial charge in [0.05, 0.1) is 5.39 Å². The molecule has 1 N–H and O–H groups in total. The van der Waals surface area contributed by atoms with E-state index in [2.05, 4.69) is 38.9 Å². The largest absolute Gasteiger partial charge is 0.356 e. The predicted molar refractivity (Wildman–Crippen MR) is 131 cm³/mol. The third-order valence-corrected chi connectivity index (χ3v) is 9.15. The second-order valence-electron chi connectivity index (χ2n) is 10.2. The van der Waals surface area contributed by atoms with E-state index < -0.39 is 0 Å². The van der Waals surface area contributed by atoms with Crippen LogP contribution in [0.4, 0.5) is 5.82 Å². The Morgan fingerprint density at radius 1 is 1.03 bits per heavy atom. The van der Waals surface area contributed by atoms with Crippen LogP contribution in [0.25, 0.3) is 10.2 Å². The molecular formula is C25H37N5OS. The average molecular weight is 456 g/mol. The number of carbonyl (C=O) groups excluding carboxylic acids is 1. The van der Waals surface area contributed by atoms with Crippen molar-refractivity contribution in [3.05, 3.63) is 16.8 Å². The van der Waals surface area contributed by atoms with Gasteiger partial charge < -0.3 is 15.1 Å². The summed E-state index contributed by atoms with van der Waals surface area (Å²) in [6.07, 6.45) is 11.4. The van der Waals surface area contributed by atoms with Crippen LogP contribution in [0.3, 0.4) is 0 Å². The lowest BCUT2D eigenvalue weighted by Crippen LogP contribution is -2.48. The van der Waals surface area contributed by atoms with E-state index in [0.29, 0.717) is 6.04 Å². The molecule has 0 spiro atoms. The Bertz CT molecular complexity index is 937. The Morgan fingerprint density at radius 3 is 2.47 bits per heavy atom. The van der Waals surface area contributed by atoms with Crippen LogP contribution in [0.15, 0.2) is 6.33 Å². The number of rotatable bonds is 5. The zero-order valence-electron chi connectivity index (χ0n) is 19.6. The third-order valence-electron chi connectivity index (χ3n) is 8.04. The summed E-state index contributed by atoms with van der Waals surface area (Å²) >= 11 is 1.75. The van der Waals surface area contributed by atoms with Crippen LogP contribution in [-0.4, -0.2) is 59.5 Å². The molecule has 2 aromatic heterocycles. The number of hydrogen-bond acceptors (Lipinski definition) is 6. The second-order valence-corrected chi connectivity index (χ2v) is 11.4. The van der Waals surface area contributed by atoms with Crippen molar-refractivity contribution >= 4 is 33.3 Å². The Morgan fingerprint density at radius 2 is 1.75 bits per heavy atom. The highest BCUT2D eigenvalue weighted by Gasteiger charge is 2.30. The molecule has 5 rings (SSSR count). The molecule has 1 saturated carbocycles. The van der Waals surface area contributed by atoms with E-state index in [-0.39, 0.29) is 11.8 Å². The fourth-order valence-corrected chi connectivity index (χ4v) is 6.89. The van der Waals surface area contributed by atoms with E-state index in [9.17, 15) is 4.79 Å². The Kier molecular flexibility index (Phi) is 6.65. The summed E-state index contributed by atoms with van der Waals surface area (Å²) in [5.41, 5.74) is 1.29. The Balaban J connectivity index is 1.11. The van der Waals surface area contributed by atoms with Crippen LogP contribution in [0.1, 0.15) is 61.8 Å². The zero-order chi connectivity index (χ0) is 22.1. The van der Waals surface area contributed by atoms with Gasteiger partial charge in [-0.1, -0.05) is 12.8 Å². The van der Waals surface area contributed by atoms with E-state index in [0.717, 1.165) is 68.4 Å². The molecule has 3 fully saturated rings. The number of anilines is 1. The highest BCUT2D eigenvalue weighted by Crippen LogP contribution is 2.35. The predicted octanol–water partition coefficient (Wildman–Crippen LogP) is 4.30. The number of nitrogens with one attached hydrogen (secondary N) is 1. The minimum Gasteiger partial charge on any atom is -0.356 e. The molecule has 2 saturated heterocycles. The van der Waals surface area contributed by atoms with E-state index in [1.807, 2.05) is 0 Å². The number of hydrogen-bond donors (Lipinski definition) is 1. The van der Waals surface area contributed by atoms with Crippen molar-refractivity contribution in [3.8, 4) is 0 Å². The second kappa shape index (κ2) is 9.64. The maximum absolute atomic E-state index is 13.0. The van der Waals surface area contributed by atoms with Gasteiger partial charge >= 0.3 is 0 Å². The van der Waals surface area contributed by atoms with Crippen molar-refractivity contribution in [1.29, 1.82) is 0 Å². The number of nitrogens with zero attached hydrogens (tertiary/aromatic N) is 4. The molecule has 7 heteroatoms. The first kappa shape index (κ1) is 22.1. The SMILES string of the molecule is Cc1sc2ncnc(N3CCC(C(=O)NC4CCN(CC5CCCC5)CC4)CC3)c2c1C. The molecule has 3 aliphatic rings. The molecule has 0 bridgehead atoms. The number of carbonyl (C=O) groups is 1. The van der Waals surface area contributed by atoms with Crippen molar-refractivity contribution in [2.75, 3.05) is 37.6 Å². The van der Waals surface area contributed by atoms with Crippen LogP contribution < -0.4 is 10.2 Å². The molecule has 0 atom stereocenters. The van der Waals surface area contributed by atoms with Gasteiger partial charge in [-0.05, 0) is 63.9 Å². The number of thiophene rings is 1. The maximum atomic E-state index is 13.0. The monoisotopic (exact) mass is 455 g/mol. The number of likely N-dealkylation sites (tertiary alicyclic amines) is 1. The van der Waals surface area contributed by atoms with Gasteiger partial charge in [-0.15, -0.1) is 11.3 Å². The molecule has 2 aromatic rings. The van der Waals surface area contributed by atoms with E-state index in [1.165, 1.54) is 48.1 Å². The molecule has 0 unspecified atom stereocenters. The molecule has 1 amide bonds. The van der Waals surface area contributed by atoms with Crippen molar-refractivity contribution in [1.82, 2.24) is 20.2 Å². The van der Waals surface area contributed by atoms with Crippen LogP contribution >= 0.6 is 11.3 Å². The lowest BCUT2D eigenvalue weighted by molar-refractivity contribution is -0.126. The quantitative estimate of drug-likeness (QED) is 0.729. The normalized spacial score (nSPS) is 22.1. The summed E-state index contributed by atoms with van der Waals surface area (Å²) in [4.78, 5) is 29.4. The van der Waals surface area contributed by atoms with Crippen LogP contribution in [0, 0.1) is 25.7 Å². The Hall–Kier alpha value is -1.73. The summed E-state index contributed by atoms with van der Waals surface area (Å²) in [5.74, 6) is 2.37. The van der Waals surface area contributed by atoms with E-state index >= 15 is 0 Å². The molecule has 6 nitrogen and oxygen atoms in total. The van der Waals surface area contributed by atoms with Crippen molar-refractivity contribution < 1.29 is 4.79 Å². The van der Waals surface area contributed by atoms with Gasteiger partial charge in [-0.25, -0.2) is 9.97 Å². The molecule has 0 aromatic carbocycles. The van der Waals surface area contributed by atoms with E-state index in [4.69, 9.17) is 0 Å². The van der Waals surface area contributed by atoms with Crippen molar-refractivity contribution in [2.45, 2.75) is 71.3 Å². The van der Waals surface area contributed by atoms with Crippen LogP contribution in [0.5, 0.6) is 0 Å². The first-order valence-corrected chi connectivity index (χ1v) is 13.4. The van der Waals surface area contributed by atoms with Crippen LogP contribution in [0.2, 0.25) is 0 Å². The minimum atomic E-state index is 0.130. The van der Waals surface area contributed by atoms with Crippen molar-refractivity contribution in [3.63, 3.8) is 0 Å². The van der Waals surface area contributed by atoms with Gasteiger partial charge in [0.25, 0.3) is 0 Å². The molecule has 32 heavy (non-hydrogen) atoms. The number of aryl methyl sites for hydroxylation is 2. The summed E-state index contributed by atoms with van der Waals surface area (Å²) < 4.78 is 0. The lowest BCUT2D eigenvalue weighted by atomic mass is 9.94. The first-order chi connectivity index (χ1) is 15.6. The molecule has 0 radical (unpaired) electrons. The average Bonchev–Trinajstić information content (AvgIpc) is 3.43. The smallest absolute Gasteiger partial charge is 0.223 e. The van der Waals surface area contributed by atoms with Crippen LogP contribution in [-0.2, 0) is 4.79 Å². The van der Waals surface area contributed by atoms with Gasteiger partial charge in [0.2, 0.25) is 5.91 Å². The number of piperidine rings is 2. The molecule has 1 aliphatic carbocycles. The zero-order valence-corrected chi connectivity index (χ0v) is 20.4. The maximum Gasteiger partial charge on any atom is 0.223 e. The topological polar surface area (TPSA) is 61.4 Å². The van der Waals surface area contributed by atoms with Gasteiger partial charge in [0, 0.05) is 49.6 Å². The van der Waals surface area contributed by atoms with Crippen molar-refractivity contribution in [2.24, 2.45) is 11.8 Å². The van der Waals surface area contributed by atoms with E-state index in [1.54, 1.807) is 17.7 Å². The fourth-order valence-electron chi connectivity index (χ4n) is 5.89. The van der Waals surface area contributed by atoms with Gasteiger partial charge in [-0.3, -0.25) is 4.79 Å². The highest BCUT2D eigenvalue weighted by molar-refractivity contribution is 7.18. The minimum absolute atomic E-state index is 0.130. The first-order valence-electron chi connectivity index (χ1n) is 12.6. The number of amides is 1. The number of fused-ring (bicyclic) bond motifs is 1. The third kappa shape index (κ3) is 4.65.